The largest absolute Gasteiger partial charge is 0.507 e. The van der Waals surface area contributed by atoms with E-state index in [4.69, 9.17) is 14.2 Å². The Balaban J connectivity index is 1.55. The molecule has 0 aliphatic carbocycles. The number of rotatable bonds is 7. The number of hydrogen-bond acceptors (Lipinski definition) is 8. The van der Waals surface area contributed by atoms with Gasteiger partial charge in [0.15, 0.2) is 16.6 Å². The topological polar surface area (TPSA) is 98.2 Å². The lowest BCUT2D eigenvalue weighted by molar-refractivity contribution is -0.132. The van der Waals surface area contributed by atoms with Crippen molar-refractivity contribution in [2.45, 2.75) is 39.3 Å². The van der Waals surface area contributed by atoms with Gasteiger partial charge in [-0.15, -0.1) is 0 Å². The molecule has 0 saturated carbocycles. The summed E-state index contributed by atoms with van der Waals surface area (Å²) >= 11 is 1.09. The van der Waals surface area contributed by atoms with Crippen LogP contribution in [-0.4, -0.2) is 41.1 Å². The van der Waals surface area contributed by atoms with E-state index in [0.29, 0.717) is 52.5 Å². The number of ketones is 1. The van der Waals surface area contributed by atoms with Crippen LogP contribution in [0.1, 0.15) is 43.5 Å². The van der Waals surface area contributed by atoms with E-state index in [1.165, 1.54) is 23.1 Å². The number of anilines is 1. The summed E-state index contributed by atoms with van der Waals surface area (Å²) in [6.07, 6.45) is 0.658. The number of fused-ring (bicyclic) bond motifs is 2. The SMILES string of the molecule is CCOc1ccc([C@H]2/C(=C(\O)c3ccc4c(c3)C[C@@H](C)O4)C(=O)C(=O)N2c2nc3ccc(F)cc3s2)cc1OCC. The number of thiazole rings is 1. The summed E-state index contributed by atoms with van der Waals surface area (Å²) < 4.78 is 31.8. The molecule has 3 heterocycles. The molecule has 6 rings (SSSR count). The number of nitrogens with zero attached hydrogens (tertiary/aromatic N) is 2. The first-order valence-electron chi connectivity index (χ1n) is 13.4. The average molecular weight is 575 g/mol. The molecule has 10 heteroatoms. The molecule has 210 valence electrons. The number of aliphatic hydroxyl groups excluding tert-OH is 1. The molecule has 1 N–H and O–H groups in total. The van der Waals surface area contributed by atoms with Crippen molar-refractivity contribution in [1.29, 1.82) is 0 Å². The van der Waals surface area contributed by atoms with Crippen molar-refractivity contribution in [2.24, 2.45) is 0 Å². The molecule has 1 aromatic heterocycles. The van der Waals surface area contributed by atoms with Gasteiger partial charge in [-0.3, -0.25) is 14.5 Å². The van der Waals surface area contributed by atoms with E-state index in [1.807, 2.05) is 20.8 Å². The van der Waals surface area contributed by atoms with E-state index in [9.17, 15) is 19.1 Å². The normalized spacial score (nSPS) is 19.5. The average Bonchev–Trinajstić information content (AvgIpc) is 3.61. The van der Waals surface area contributed by atoms with Crippen LogP contribution in [0.4, 0.5) is 9.52 Å². The zero-order chi connectivity index (χ0) is 28.8. The van der Waals surface area contributed by atoms with Crippen LogP contribution in [0.15, 0.2) is 60.2 Å². The fraction of sp³-hybridized carbons (Fsp3) is 0.258. The number of benzene rings is 3. The van der Waals surface area contributed by atoms with Gasteiger partial charge in [0.2, 0.25) is 0 Å². The van der Waals surface area contributed by atoms with E-state index < -0.39 is 23.5 Å². The van der Waals surface area contributed by atoms with Crippen molar-refractivity contribution in [1.82, 2.24) is 4.98 Å². The van der Waals surface area contributed by atoms with Crippen LogP contribution in [0, 0.1) is 5.82 Å². The second-order valence-electron chi connectivity index (χ2n) is 9.80. The molecular weight excluding hydrogens is 547 g/mol. The minimum atomic E-state index is -1.03. The molecule has 0 radical (unpaired) electrons. The molecule has 3 aromatic carbocycles. The number of ether oxygens (including phenoxy) is 3. The Labute approximate surface area is 239 Å². The van der Waals surface area contributed by atoms with Crippen molar-refractivity contribution in [3.63, 3.8) is 0 Å². The first-order chi connectivity index (χ1) is 19.8. The summed E-state index contributed by atoms with van der Waals surface area (Å²) in [6.45, 7) is 6.43. The van der Waals surface area contributed by atoms with E-state index >= 15 is 0 Å². The third kappa shape index (κ3) is 4.67. The summed E-state index contributed by atoms with van der Waals surface area (Å²) in [4.78, 5) is 33.1. The molecule has 2 atom stereocenters. The Hall–Kier alpha value is -4.44. The highest BCUT2D eigenvalue weighted by Gasteiger charge is 2.48. The van der Waals surface area contributed by atoms with Gasteiger partial charge in [0, 0.05) is 12.0 Å². The summed E-state index contributed by atoms with van der Waals surface area (Å²) in [5.74, 6) is -0.770. The Morgan fingerprint density at radius 3 is 2.63 bits per heavy atom. The maximum Gasteiger partial charge on any atom is 0.301 e. The maximum atomic E-state index is 14.0. The lowest BCUT2D eigenvalue weighted by Crippen LogP contribution is -2.29. The van der Waals surface area contributed by atoms with Crippen LogP contribution in [0.25, 0.3) is 16.0 Å². The summed E-state index contributed by atoms with van der Waals surface area (Å²) in [5, 5.41) is 11.8. The summed E-state index contributed by atoms with van der Waals surface area (Å²) in [5.41, 5.74) is 2.22. The summed E-state index contributed by atoms with van der Waals surface area (Å²) in [6, 6.07) is 13.5. The second-order valence-corrected chi connectivity index (χ2v) is 10.8. The number of carbonyl (C=O) groups is 2. The van der Waals surface area contributed by atoms with Gasteiger partial charge >= 0.3 is 5.91 Å². The minimum Gasteiger partial charge on any atom is -0.507 e. The molecule has 2 aliphatic rings. The molecule has 8 nitrogen and oxygen atoms in total. The predicted molar refractivity (Wildman–Crippen MR) is 153 cm³/mol. The Bertz CT molecular complexity index is 1730. The standard InChI is InChI=1S/C31H27FN2O6S/c1-4-38-23-11-6-17(14-24(23)39-5-2)27-26(28(35)18-7-10-22-19(13-18)12-16(3)40-22)29(36)30(37)34(27)31-33-21-9-8-20(32)15-25(21)41-31/h6-11,13-16,27,35H,4-5,12H2,1-3H3/b28-26+/t16-,27+/m1/s1. The lowest BCUT2D eigenvalue weighted by atomic mass is 9.94. The number of Topliss-reactive ketones (excluding diaryl/α,β-unsaturated/α-hetero) is 1. The maximum absolute atomic E-state index is 14.0. The zero-order valence-electron chi connectivity index (χ0n) is 22.6. The molecule has 1 amide bonds. The van der Waals surface area contributed by atoms with Gasteiger partial charge in [-0.25, -0.2) is 9.37 Å². The Morgan fingerprint density at radius 1 is 1.07 bits per heavy atom. The van der Waals surface area contributed by atoms with Gasteiger partial charge in [-0.05, 0) is 80.4 Å². The van der Waals surface area contributed by atoms with Gasteiger partial charge in [0.1, 0.15) is 23.4 Å². The zero-order valence-corrected chi connectivity index (χ0v) is 23.5. The number of halogens is 1. The number of aromatic nitrogens is 1. The van der Waals surface area contributed by atoms with Crippen LogP contribution in [0.2, 0.25) is 0 Å². The quantitative estimate of drug-likeness (QED) is 0.160. The summed E-state index contributed by atoms with van der Waals surface area (Å²) in [7, 11) is 0. The molecular formula is C31H27FN2O6S. The van der Waals surface area contributed by atoms with Crippen molar-refractivity contribution < 1.29 is 33.3 Å². The van der Waals surface area contributed by atoms with E-state index in [1.54, 1.807) is 36.4 Å². The van der Waals surface area contributed by atoms with Gasteiger partial charge in [0.25, 0.3) is 5.78 Å². The highest BCUT2D eigenvalue weighted by atomic mass is 32.1. The third-order valence-corrected chi connectivity index (χ3v) is 8.06. The molecule has 1 saturated heterocycles. The van der Waals surface area contributed by atoms with Gasteiger partial charge in [-0.2, -0.15) is 0 Å². The van der Waals surface area contributed by atoms with Gasteiger partial charge in [-0.1, -0.05) is 17.4 Å². The van der Waals surface area contributed by atoms with E-state index in [-0.39, 0.29) is 22.6 Å². The highest BCUT2D eigenvalue weighted by molar-refractivity contribution is 7.22. The number of hydrogen-bond donors (Lipinski definition) is 1. The van der Waals surface area contributed by atoms with E-state index in [0.717, 1.165) is 22.6 Å². The van der Waals surface area contributed by atoms with Crippen LogP contribution in [-0.2, 0) is 16.0 Å². The van der Waals surface area contributed by atoms with Crippen molar-refractivity contribution in [3.05, 3.63) is 82.7 Å². The van der Waals surface area contributed by atoms with Crippen molar-refractivity contribution >= 4 is 44.1 Å². The molecule has 2 aliphatic heterocycles. The fourth-order valence-electron chi connectivity index (χ4n) is 5.30. The molecule has 0 unspecified atom stereocenters. The van der Waals surface area contributed by atoms with Crippen LogP contribution in [0.3, 0.4) is 0 Å². The Kier molecular flexibility index (Phi) is 6.86. The monoisotopic (exact) mass is 574 g/mol. The molecule has 4 aromatic rings. The van der Waals surface area contributed by atoms with Gasteiger partial charge in [0.05, 0.1) is 35.0 Å². The first kappa shape index (κ1) is 26.8. The molecule has 0 bridgehead atoms. The van der Waals surface area contributed by atoms with E-state index in [2.05, 4.69) is 4.98 Å². The third-order valence-electron chi connectivity index (χ3n) is 7.04. The fourth-order valence-corrected chi connectivity index (χ4v) is 6.31. The first-order valence-corrected chi connectivity index (χ1v) is 14.2. The van der Waals surface area contributed by atoms with Crippen LogP contribution in [0.5, 0.6) is 17.2 Å². The smallest absolute Gasteiger partial charge is 0.301 e. The van der Waals surface area contributed by atoms with Crippen molar-refractivity contribution in [2.75, 3.05) is 18.1 Å². The predicted octanol–water partition coefficient (Wildman–Crippen LogP) is 6.18. The lowest BCUT2D eigenvalue weighted by Gasteiger charge is -2.24. The highest BCUT2D eigenvalue weighted by Crippen LogP contribution is 2.46. The Morgan fingerprint density at radius 2 is 1.85 bits per heavy atom. The van der Waals surface area contributed by atoms with Crippen LogP contribution >= 0.6 is 11.3 Å². The van der Waals surface area contributed by atoms with Crippen LogP contribution < -0.4 is 19.1 Å². The number of aliphatic hydroxyl groups is 1. The molecule has 0 spiro atoms. The molecule has 1 fully saturated rings. The molecule has 41 heavy (non-hydrogen) atoms. The minimum absolute atomic E-state index is 0.00214. The second kappa shape index (κ2) is 10.5. The van der Waals surface area contributed by atoms with Gasteiger partial charge < -0.3 is 19.3 Å². The number of carbonyl (C=O) groups excluding carboxylic acids is 2. The van der Waals surface area contributed by atoms with Crippen molar-refractivity contribution in [3.8, 4) is 17.2 Å². The number of amides is 1.